The van der Waals surface area contributed by atoms with E-state index < -0.39 is 29.2 Å². The molecule has 2 atom stereocenters. The summed E-state index contributed by atoms with van der Waals surface area (Å²) in [6, 6.07) is 11.7. The van der Waals surface area contributed by atoms with Crippen molar-refractivity contribution in [2.24, 2.45) is 0 Å². The Kier molecular flexibility index (Phi) is 5.96. The molecule has 1 unspecified atom stereocenters. The number of carboxylic acids is 1. The van der Waals surface area contributed by atoms with Crippen LogP contribution in [0, 0.1) is 0 Å². The zero-order chi connectivity index (χ0) is 22.0. The first-order valence-electron chi connectivity index (χ1n) is 9.30. The molecule has 4 rings (SSSR count). The summed E-state index contributed by atoms with van der Waals surface area (Å²) in [4.78, 5) is 51.3. The minimum atomic E-state index is -1.37. The number of carbonyl (C=O) groups excluding carboxylic acids is 3. The highest BCUT2D eigenvalue weighted by Gasteiger charge is 2.54. The predicted molar refractivity (Wildman–Crippen MR) is 116 cm³/mol. The minimum Gasteiger partial charge on any atom is -0.477 e. The quantitative estimate of drug-likeness (QED) is 0.362. The second-order valence-corrected chi connectivity index (χ2v) is 8.93. The Hall–Kier alpha value is -3.31. The van der Waals surface area contributed by atoms with E-state index in [0.29, 0.717) is 5.69 Å². The van der Waals surface area contributed by atoms with Gasteiger partial charge in [0.15, 0.2) is 0 Å². The summed E-state index contributed by atoms with van der Waals surface area (Å²) in [5.74, 6) is -2.76. The van der Waals surface area contributed by atoms with E-state index in [0.717, 1.165) is 9.78 Å². The van der Waals surface area contributed by atoms with Gasteiger partial charge in [-0.2, -0.15) is 0 Å². The topological polar surface area (TPSA) is 128 Å². The minimum absolute atomic E-state index is 0.0195. The van der Waals surface area contributed by atoms with E-state index in [1.165, 1.54) is 23.1 Å². The van der Waals surface area contributed by atoms with Crippen molar-refractivity contribution in [2.75, 3.05) is 11.2 Å². The average Bonchev–Trinajstić information content (AvgIpc) is 3.28. The van der Waals surface area contributed by atoms with Gasteiger partial charge in [-0.25, -0.2) is 4.79 Å². The lowest BCUT2D eigenvalue weighted by atomic mass is 10.0. The highest BCUT2D eigenvalue weighted by atomic mass is 32.2. The maximum absolute atomic E-state index is 12.7. The molecule has 4 N–H and O–H groups in total. The summed E-state index contributed by atoms with van der Waals surface area (Å²) in [6.45, 7) is 0. The summed E-state index contributed by atoms with van der Waals surface area (Å²) in [6.07, 6.45) is 0.152. The van der Waals surface area contributed by atoms with Gasteiger partial charge in [0.2, 0.25) is 5.91 Å². The number of nitrogens with one attached hydrogen (secondary N) is 3. The molecular weight excluding hydrogens is 440 g/mol. The fraction of sp³-hybridized carbons (Fsp3) is 0.200. The zero-order valence-electron chi connectivity index (χ0n) is 16.0. The molecular formula is C20H18N4O5S2. The SMILES string of the molecule is O=C(Cc1cccs1)NC1C(=O)N2C(C(=O)O)=C(C(=O)NNc3ccccc3)CS[C@@H]12. The van der Waals surface area contributed by atoms with Gasteiger partial charge in [0.25, 0.3) is 11.8 Å². The fourth-order valence-corrected chi connectivity index (χ4v) is 5.36. The summed E-state index contributed by atoms with van der Waals surface area (Å²) in [7, 11) is 0. The Morgan fingerprint density at radius 3 is 2.58 bits per heavy atom. The van der Waals surface area contributed by atoms with Crippen molar-refractivity contribution in [3.63, 3.8) is 0 Å². The molecule has 1 aromatic carbocycles. The lowest BCUT2D eigenvalue weighted by Crippen LogP contribution is -2.71. The van der Waals surface area contributed by atoms with Crippen molar-refractivity contribution >= 4 is 52.5 Å². The third-order valence-electron chi connectivity index (χ3n) is 4.77. The van der Waals surface area contributed by atoms with Crippen molar-refractivity contribution in [3.8, 4) is 0 Å². The van der Waals surface area contributed by atoms with E-state index in [9.17, 15) is 24.3 Å². The second kappa shape index (κ2) is 8.82. The van der Waals surface area contributed by atoms with Crippen LogP contribution in [0.4, 0.5) is 5.69 Å². The lowest BCUT2D eigenvalue weighted by molar-refractivity contribution is -0.150. The molecule has 2 aliphatic rings. The van der Waals surface area contributed by atoms with Crippen LogP contribution in [0.1, 0.15) is 4.88 Å². The molecule has 1 saturated heterocycles. The molecule has 1 aromatic heterocycles. The molecule has 0 radical (unpaired) electrons. The van der Waals surface area contributed by atoms with Gasteiger partial charge in [-0.05, 0) is 23.6 Å². The molecule has 31 heavy (non-hydrogen) atoms. The first-order valence-corrected chi connectivity index (χ1v) is 11.2. The molecule has 160 valence electrons. The number of rotatable bonds is 7. The number of thioether (sulfide) groups is 1. The van der Waals surface area contributed by atoms with Gasteiger partial charge in [0.05, 0.1) is 17.7 Å². The van der Waals surface area contributed by atoms with Gasteiger partial charge < -0.3 is 10.4 Å². The number of amides is 3. The Bertz CT molecular complexity index is 1050. The molecule has 3 heterocycles. The number of nitrogens with zero attached hydrogens (tertiary/aromatic N) is 1. The van der Waals surface area contributed by atoms with Crippen molar-refractivity contribution in [1.29, 1.82) is 0 Å². The van der Waals surface area contributed by atoms with E-state index in [4.69, 9.17) is 0 Å². The number of para-hydroxylation sites is 1. The van der Waals surface area contributed by atoms with Crippen LogP contribution < -0.4 is 16.2 Å². The van der Waals surface area contributed by atoms with Crippen molar-refractivity contribution in [2.45, 2.75) is 17.8 Å². The highest BCUT2D eigenvalue weighted by molar-refractivity contribution is 8.00. The molecule has 9 nitrogen and oxygen atoms in total. The van der Waals surface area contributed by atoms with Crippen molar-refractivity contribution in [3.05, 3.63) is 64.0 Å². The maximum Gasteiger partial charge on any atom is 0.353 e. The average molecular weight is 459 g/mol. The zero-order valence-corrected chi connectivity index (χ0v) is 17.7. The van der Waals surface area contributed by atoms with E-state index in [1.807, 2.05) is 23.6 Å². The normalized spacial score (nSPS) is 19.9. The Morgan fingerprint density at radius 1 is 1.13 bits per heavy atom. The number of thiophene rings is 1. The van der Waals surface area contributed by atoms with Crippen molar-refractivity contribution < 1.29 is 24.3 Å². The van der Waals surface area contributed by atoms with Crippen LogP contribution in [0.3, 0.4) is 0 Å². The predicted octanol–water partition coefficient (Wildman–Crippen LogP) is 1.17. The van der Waals surface area contributed by atoms with Crippen LogP contribution in [-0.4, -0.2) is 50.9 Å². The summed E-state index contributed by atoms with van der Waals surface area (Å²) >= 11 is 2.68. The van der Waals surface area contributed by atoms with Gasteiger partial charge in [0.1, 0.15) is 17.1 Å². The Labute approximate surface area is 185 Å². The number of hydrogen-bond acceptors (Lipinski definition) is 7. The first kappa shape index (κ1) is 20.9. The number of hydrazine groups is 1. The van der Waals surface area contributed by atoms with E-state index >= 15 is 0 Å². The summed E-state index contributed by atoms with van der Waals surface area (Å²) < 4.78 is 0. The van der Waals surface area contributed by atoms with Gasteiger partial charge >= 0.3 is 5.97 Å². The first-order chi connectivity index (χ1) is 15.0. The molecule has 0 bridgehead atoms. The third kappa shape index (κ3) is 4.28. The largest absolute Gasteiger partial charge is 0.477 e. The summed E-state index contributed by atoms with van der Waals surface area (Å²) in [5.41, 5.74) is 5.43. The van der Waals surface area contributed by atoms with Crippen molar-refractivity contribution in [1.82, 2.24) is 15.6 Å². The van der Waals surface area contributed by atoms with Crippen LogP contribution in [0.25, 0.3) is 0 Å². The van der Waals surface area contributed by atoms with Crippen LogP contribution in [0.2, 0.25) is 0 Å². The van der Waals surface area contributed by atoms with Crippen LogP contribution in [-0.2, 0) is 25.6 Å². The molecule has 0 aliphatic carbocycles. The van der Waals surface area contributed by atoms with Crippen LogP contribution >= 0.6 is 23.1 Å². The van der Waals surface area contributed by atoms with Crippen LogP contribution in [0.15, 0.2) is 59.1 Å². The third-order valence-corrected chi connectivity index (χ3v) is 6.93. The molecule has 2 aliphatic heterocycles. The lowest BCUT2D eigenvalue weighted by Gasteiger charge is -2.49. The smallest absolute Gasteiger partial charge is 0.353 e. The molecule has 11 heteroatoms. The number of β-lactam (4-membered cyclic amide) rings is 1. The standard InChI is InChI=1S/C20H18N4O5S2/c25-14(9-12-7-4-8-30-12)21-15-18(27)24-16(20(28)29)13(10-31-19(15)24)17(26)23-22-11-5-2-1-3-6-11/h1-8,15,19,22H,9-10H2,(H,21,25)(H,23,26)(H,28,29)/t15?,19-/m0/s1. The monoisotopic (exact) mass is 458 g/mol. The van der Waals surface area contributed by atoms with E-state index in [1.54, 1.807) is 24.3 Å². The molecule has 0 saturated carbocycles. The van der Waals surface area contributed by atoms with Gasteiger partial charge in [-0.1, -0.05) is 24.3 Å². The molecule has 1 fully saturated rings. The summed E-state index contributed by atoms with van der Waals surface area (Å²) in [5, 5.41) is 13.7. The van der Waals surface area contributed by atoms with Crippen LogP contribution in [0.5, 0.6) is 0 Å². The molecule has 3 amide bonds. The van der Waals surface area contributed by atoms with Gasteiger partial charge in [-0.3, -0.25) is 30.1 Å². The Balaban J connectivity index is 1.45. The maximum atomic E-state index is 12.7. The number of carboxylic acid groups (broad SMARTS) is 1. The number of fused-ring (bicyclic) bond motifs is 1. The second-order valence-electron chi connectivity index (χ2n) is 6.79. The number of aliphatic carboxylic acids is 1. The molecule has 0 spiro atoms. The van der Waals surface area contributed by atoms with Gasteiger partial charge in [0, 0.05) is 10.6 Å². The molecule has 2 aromatic rings. The number of benzene rings is 1. The van der Waals surface area contributed by atoms with E-state index in [2.05, 4.69) is 16.2 Å². The number of anilines is 1. The highest BCUT2D eigenvalue weighted by Crippen LogP contribution is 2.40. The Morgan fingerprint density at radius 2 is 1.90 bits per heavy atom. The fourth-order valence-electron chi connectivity index (χ4n) is 3.31. The number of carbonyl (C=O) groups is 4. The van der Waals surface area contributed by atoms with E-state index in [-0.39, 0.29) is 29.4 Å². The number of hydrogen-bond donors (Lipinski definition) is 4. The van der Waals surface area contributed by atoms with Gasteiger partial charge in [-0.15, -0.1) is 23.1 Å².